The molecule has 23 heavy (non-hydrogen) atoms. The number of hydrogen-bond donors (Lipinski definition) is 3. The number of rotatable bonds is 3. The number of phenols is 2. The van der Waals surface area contributed by atoms with Gasteiger partial charge < -0.3 is 0 Å². The summed E-state index contributed by atoms with van der Waals surface area (Å²) in [6.45, 7) is 0. The fourth-order valence-electron chi connectivity index (χ4n) is 1.95. The molecule has 0 bridgehead atoms. The molecule has 4 nitrogen and oxygen atoms in total. The van der Waals surface area contributed by atoms with E-state index in [1.165, 1.54) is 0 Å². The quantitative estimate of drug-likeness (QED) is 0.311. The molecule has 0 radical (unpaired) electrons. The van der Waals surface area contributed by atoms with Crippen LogP contribution in [0.2, 0.25) is 15.1 Å². The zero-order chi connectivity index (χ0) is 16.6. The Bertz CT molecular complexity index is 840. The molecule has 0 fully saturated rings. The van der Waals surface area contributed by atoms with Gasteiger partial charge in [-0.2, -0.15) is 0 Å². The Morgan fingerprint density at radius 3 is 2.26 bits per heavy atom. The van der Waals surface area contributed by atoms with E-state index in [1.807, 2.05) is 30.3 Å². The maximum atomic E-state index is 10.2. The second-order valence-corrected chi connectivity index (χ2v) is 7.83. The van der Waals surface area contributed by atoms with E-state index in [9.17, 15) is 10.2 Å². The van der Waals surface area contributed by atoms with Gasteiger partial charge >= 0.3 is 153 Å². The van der Waals surface area contributed by atoms with E-state index in [4.69, 9.17) is 34.8 Å². The molecule has 0 unspecified atom stereocenters. The van der Waals surface area contributed by atoms with Crippen molar-refractivity contribution in [3.05, 3.63) is 51.6 Å². The Morgan fingerprint density at radius 1 is 0.913 bits per heavy atom. The zero-order valence-electron chi connectivity index (χ0n) is 11.3. The van der Waals surface area contributed by atoms with Crippen molar-refractivity contribution >= 4 is 59.7 Å². The van der Waals surface area contributed by atoms with Gasteiger partial charge in [0.1, 0.15) is 0 Å². The van der Waals surface area contributed by atoms with Crippen LogP contribution in [0.4, 0.5) is 10.4 Å². The standard InChI is InChI=1S/C15H9Cl3N2O2Se/c16-10-9(13(21)11(17)12(18)14(10)22)8-6-19-15(23-8)20-7-4-2-1-3-5-7/h1-6,21-22H,(H,19,20). The third-order valence-electron chi connectivity index (χ3n) is 3.05. The summed E-state index contributed by atoms with van der Waals surface area (Å²) in [4.78, 5) is 4.30. The van der Waals surface area contributed by atoms with Crippen LogP contribution in [0.3, 0.4) is 0 Å². The molecular weight excluding hydrogens is 425 g/mol. The van der Waals surface area contributed by atoms with Gasteiger partial charge in [0.25, 0.3) is 0 Å². The van der Waals surface area contributed by atoms with Crippen LogP contribution in [-0.4, -0.2) is 29.7 Å². The van der Waals surface area contributed by atoms with Crippen molar-refractivity contribution in [2.45, 2.75) is 0 Å². The van der Waals surface area contributed by atoms with Crippen molar-refractivity contribution in [2.24, 2.45) is 0 Å². The number of para-hydroxylation sites is 1. The molecule has 0 aliphatic heterocycles. The SMILES string of the molecule is Oc1c(Cl)c(Cl)c(O)c(-c2cnc(Nc3ccccc3)[se]2)c1Cl. The van der Waals surface area contributed by atoms with Crippen LogP contribution in [0.25, 0.3) is 10.0 Å². The normalized spacial score (nSPS) is 10.7. The van der Waals surface area contributed by atoms with Gasteiger partial charge in [0.05, 0.1) is 0 Å². The Balaban J connectivity index is 2.01. The van der Waals surface area contributed by atoms with Crippen LogP contribution in [0.5, 0.6) is 11.5 Å². The number of phenolic OH excluding ortho intramolecular Hbond substituents is 2. The minimum absolute atomic E-state index is 0.0406. The average molecular weight is 435 g/mol. The number of hydrogen-bond acceptors (Lipinski definition) is 4. The van der Waals surface area contributed by atoms with Crippen LogP contribution in [-0.2, 0) is 0 Å². The van der Waals surface area contributed by atoms with Crippen molar-refractivity contribution in [2.75, 3.05) is 5.32 Å². The van der Waals surface area contributed by atoms with Crippen LogP contribution in [0.15, 0.2) is 36.5 Å². The molecule has 0 spiro atoms. The predicted molar refractivity (Wildman–Crippen MR) is 94.7 cm³/mol. The van der Waals surface area contributed by atoms with Gasteiger partial charge in [-0.05, 0) is 0 Å². The second-order valence-electron chi connectivity index (χ2n) is 4.53. The fourth-order valence-corrected chi connectivity index (χ4v) is 4.65. The van der Waals surface area contributed by atoms with Crippen molar-refractivity contribution in [3.63, 3.8) is 0 Å². The molecule has 1 aromatic heterocycles. The summed E-state index contributed by atoms with van der Waals surface area (Å²) in [5.41, 5.74) is 1.17. The molecule has 3 N–H and O–H groups in total. The summed E-state index contributed by atoms with van der Waals surface area (Å²) in [7, 11) is 0. The summed E-state index contributed by atoms with van der Waals surface area (Å²) < 4.78 is 1.44. The van der Waals surface area contributed by atoms with E-state index < -0.39 is 0 Å². The van der Waals surface area contributed by atoms with Crippen molar-refractivity contribution in [1.82, 2.24) is 4.98 Å². The molecule has 3 rings (SSSR count). The molecule has 0 saturated heterocycles. The molecule has 8 heteroatoms. The number of aromatic nitrogens is 1. The van der Waals surface area contributed by atoms with Crippen LogP contribution >= 0.6 is 34.8 Å². The number of anilines is 2. The first kappa shape index (κ1) is 16.5. The molecule has 0 atom stereocenters. The summed E-state index contributed by atoms with van der Waals surface area (Å²) in [6.07, 6.45) is 1.59. The third kappa shape index (κ3) is 3.16. The van der Waals surface area contributed by atoms with Crippen LogP contribution in [0.1, 0.15) is 0 Å². The second kappa shape index (κ2) is 6.63. The van der Waals surface area contributed by atoms with Gasteiger partial charge in [-0.1, -0.05) is 0 Å². The Kier molecular flexibility index (Phi) is 4.76. The molecule has 2 aromatic carbocycles. The molecule has 3 aromatic rings. The zero-order valence-corrected chi connectivity index (χ0v) is 15.3. The fraction of sp³-hybridized carbons (Fsp3) is 0. The van der Waals surface area contributed by atoms with Gasteiger partial charge in [-0.15, -0.1) is 0 Å². The number of benzene rings is 2. The first-order valence-corrected chi connectivity index (χ1v) is 9.20. The summed E-state index contributed by atoms with van der Waals surface area (Å²) in [5, 5.41) is 23.0. The Hall–Kier alpha value is -1.36. The first-order valence-electron chi connectivity index (χ1n) is 6.35. The third-order valence-corrected chi connectivity index (χ3v) is 6.20. The monoisotopic (exact) mass is 434 g/mol. The topological polar surface area (TPSA) is 65.4 Å². The molecule has 1 heterocycles. The van der Waals surface area contributed by atoms with E-state index in [1.54, 1.807) is 6.20 Å². The minimum atomic E-state index is -0.354. The molecule has 0 saturated carbocycles. The van der Waals surface area contributed by atoms with Gasteiger partial charge in [0.15, 0.2) is 0 Å². The summed E-state index contributed by atoms with van der Waals surface area (Å²) in [5.74, 6) is -0.615. The summed E-state index contributed by atoms with van der Waals surface area (Å²) >= 11 is 17.6. The molecule has 0 amide bonds. The van der Waals surface area contributed by atoms with E-state index in [2.05, 4.69) is 10.3 Å². The predicted octanol–water partition coefficient (Wildman–Crippen LogP) is 4.92. The van der Waals surface area contributed by atoms with Gasteiger partial charge in [0, 0.05) is 0 Å². The van der Waals surface area contributed by atoms with Gasteiger partial charge in [-0.3, -0.25) is 0 Å². The van der Waals surface area contributed by atoms with Crippen LogP contribution in [0, 0.1) is 0 Å². The Labute approximate surface area is 153 Å². The van der Waals surface area contributed by atoms with E-state index >= 15 is 0 Å². The molecular formula is C15H9Cl3N2O2Se. The summed E-state index contributed by atoms with van der Waals surface area (Å²) in [6, 6.07) is 9.60. The molecule has 0 aliphatic rings. The van der Waals surface area contributed by atoms with Gasteiger partial charge in [-0.25, -0.2) is 0 Å². The van der Waals surface area contributed by atoms with Gasteiger partial charge in [0.2, 0.25) is 0 Å². The number of halogens is 3. The van der Waals surface area contributed by atoms with Crippen LogP contribution < -0.4 is 5.32 Å². The first-order chi connectivity index (χ1) is 11.0. The van der Waals surface area contributed by atoms with E-state index in [-0.39, 0.29) is 46.6 Å². The van der Waals surface area contributed by atoms with Crippen molar-refractivity contribution < 1.29 is 10.2 Å². The number of nitrogens with zero attached hydrogens (tertiary/aromatic N) is 1. The Morgan fingerprint density at radius 2 is 1.57 bits per heavy atom. The molecule has 118 valence electrons. The molecule has 0 aliphatic carbocycles. The van der Waals surface area contributed by atoms with Crippen molar-refractivity contribution in [3.8, 4) is 21.5 Å². The number of aromatic hydroxyl groups is 2. The average Bonchev–Trinajstić information content (AvgIpc) is 3.00. The number of nitrogens with one attached hydrogen (secondary N) is 1. The van der Waals surface area contributed by atoms with E-state index in [0.717, 1.165) is 10.4 Å². The maximum absolute atomic E-state index is 10.2. The van der Waals surface area contributed by atoms with Crippen molar-refractivity contribution in [1.29, 1.82) is 0 Å². The van der Waals surface area contributed by atoms with E-state index in [0.29, 0.717) is 4.44 Å².